The van der Waals surface area contributed by atoms with Crippen LogP contribution < -0.4 is 0 Å². The number of hydrogen-bond acceptors (Lipinski definition) is 3. The number of carbonyl (C=O) groups excluding carboxylic acids is 2. The van der Waals surface area contributed by atoms with Crippen molar-refractivity contribution in [2.45, 2.75) is 6.92 Å². The Hall–Kier alpha value is -1.99. The predicted octanol–water partition coefficient (Wildman–Crippen LogP) is 2.66. The van der Waals surface area contributed by atoms with Crippen LogP contribution in [0.2, 0.25) is 0 Å². The van der Waals surface area contributed by atoms with Gasteiger partial charge in [0.25, 0.3) is 11.1 Å². The van der Waals surface area contributed by atoms with E-state index < -0.39 is 0 Å². The van der Waals surface area contributed by atoms with Gasteiger partial charge in [-0.3, -0.25) is 14.5 Å². The SMILES string of the molecule is C#CCN1C(=O)SC(=Cc2ccccc2C)C1=O. The molecule has 1 fully saturated rings. The van der Waals surface area contributed by atoms with E-state index in [1.807, 2.05) is 31.2 Å². The molecule has 1 aliphatic rings. The van der Waals surface area contributed by atoms with Crippen LogP contribution in [0.3, 0.4) is 0 Å². The molecule has 4 heteroatoms. The van der Waals surface area contributed by atoms with E-state index in [0.717, 1.165) is 27.8 Å². The van der Waals surface area contributed by atoms with Crippen LogP contribution in [-0.2, 0) is 4.79 Å². The van der Waals surface area contributed by atoms with Crippen molar-refractivity contribution in [3.8, 4) is 12.3 Å². The largest absolute Gasteiger partial charge is 0.294 e. The fourth-order valence-corrected chi connectivity index (χ4v) is 2.45. The molecule has 3 nitrogen and oxygen atoms in total. The summed E-state index contributed by atoms with van der Waals surface area (Å²) >= 11 is 0.928. The van der Waals surface area contributed by atoms with E-state index in [9.17, 15) is 9.59 Å². The molecule has 0 bridgehead atoms. The Morgan fingerprint density at radius 1 is 1.39 bits per heavy atom. The van der Waals surface area contributed by atoms with Crippen molar-refractivity contribution < 1.29 is 9.59 Å². The second-order valence-electron chi connectivity index (χ2n) is 3.83. The van der Waals surface area contributed by atoms with E-state index in [1.165, 1.54) is 0 Å². The van der Waals surface area contributed by atoms with Crippen LogP contribution in [0.15, 0.2) is 29.2 Å². The summed E-state index contributed by atoms with van der Waals surface area (Å²) in [6, 6.07) is 7.68. The van der Waals surface area contributed by atoms with Gasteiger partial charge >= 0.3 is 0 Å². The predicted molar refractivity (Wildman–Crippen MR) is 72.7 cm³/mol. The van der Waals surface area contributed by atoms with Crippen LogP contribution in [0.25, 0.3) is 6.08 Å². The number of benzene rings is 1. The van der Waals surface area contributed by atoms with Gasteiger partial charge in [0, 0.05) is 0 Å². The third-order valence-corrected chi connectivity index (χ3v) is 3.51. The van der Waals surface area contributed by atoms with Crippen molar-refractivity contribution in [2.75, 3.05) is 6.54 Å². The lowest BCUT2D eigenvalue weighted by atomic mass is 10.1. The molecule has 2 rings (SSSR count). The van der Waals surface area contributed by atoms with Crippen molar-refractivity contribution in [3.05, 3.63) is 40.3 Å². The molecule has 1 saturated heterocycles. The van der Waals surface area contributed by atoms with E-state index >= 15 is 0 Å². The zero-order valence-corrected chi connectivity index (χ0v) is 10.7. The third-order valence-electron chi connectivity index (χ3n) is 2.60. The lowest BCUT2D eigenvalue weighted by Crippen LogP contribution is -2.28. The van der Waals surface area contributed by atoms with Gasteiger partial charge in [0.2, 0.25) is 0 Å². The maximum absolute atomic E-state index is 11.9. The number of nitrogens with zero attached hydrogens (tertiary/aromatic N) is 1. The first-order valence-electron chi connectivity index (χ1n) is 5.38. The summed E-state index contributed by atoms with van der Waals surface area (Å²) in [4.78, 5) is 25.0. The van der Waals surface area contributed by atoms with Crippen LogP contribution in [-0.4, -0.2) is 22.6 Å². The minimum absolute atomic E-state index is 0.0236. The normalized spacial score (nSPS) is 17.3. The topological polar surface area (TPSA) is 37.4 Å². The monoisotopic (exact) mass is 257 g/mol. The lowest BCUT2D eigenvalue weighted by Gasteiger charge is -2.06. The van der Waals surface area contributed by atoms with E-state index in [-0.39, 0.29) is 17.7 Å². The van der Waals surface area contributed by atoms with Gasteiger partial charge in [-0.1, -0.05) is 30.2 Å². The first-order chi connectivity index (χ1) is 8.63. The highest BCUT2D eigenvalue weighted by Crippen LogP contribution is 2.32. The molecule has 0 atom stereocenters. The molecule has 0 unspecified atom stereocenters. The standard InChI is InChI=1S/C14H11NO2S/c1-3-8-15-13(16)12(18-14(15)17)9-11-7-5-4-6-10(11)2/h1,4-7,9H,8H2,2H3. The molecule has 0 N–H and O–H groups in total. The molecule has 0 aliphatic carbocycles. The summed E-state index contributed by atoms with van der Waals surface area (Å²) in [6.45, 7) is 1.98. The fourth-order valence-electron chi connectivity index (χ4n) is 1.62. The Balaban J connectivity index is 2.32. The Morgan fingerprint density at radius 3 is 2.78 bits per heavy atom. The Bertz CT molecular complexity index is 584. The van der Waals surface area contributed by atoms with Gasteiger partial charge < -0.3 is 0 Å². The van der Waals surface area contributed by atoms with E-state index in [2.05, 4.69) is 5.92 Å². The number of terminal acetylenes is 1. The van der Waals surface area contributed by atoms with Crippen molar-refractivity contribution >= 4 is 29.0 Å². The molecule has 90 valence electrons. The van der Waals surface area contributed by atoms with Gasteiger partial charge in [0.1, 0.15) is 0 Å². The number of thioether (sulfide) groups is 1. The zero-order chi connectivity index (χ0) is 13.1. The molecule has 1 aromatic carbocycles. The summed E-state index contributed by atoms with van der Waals surface area (Å²) in [5.41, 5.74) is 1.99. The zero-order valence-electron chi connectivity index (χ0n) is 9.84. The van der Waals surface area contributed by atoms with Crippen LogP contribution in [0.5, 0.6) is 0 Å². The highest BCUT2D eigenvalue weighted by Gasteiger charge is 2.34. The summed E-state index contributed by atoms with van der Waals surface area (Å²) in [7, 11) is 0. The molecular weight excluding hydrogens is 246 g/mol. The molecule has 1 aromatic rings. The first-order valence-corrected chi connectivity index (χ1v) is 6.19. The minimum Gasteiger partial charge on any atom is -0.268 e. The van der Waals surface area contributed by atoms with Crippen molar-refractivity contribution in [3.63, 3.8) is 0 Å². The smallest absolute Gasteiger partial charge is 0.268 e. The highest BCUT2D eigenvalue weighted by atomic mass is 32.2. The van der Waals surface area contributed by atoms with E-state index in [4.69, 9.17) is 6.42 Å². The summed E-state index contributed by atoms with van der Waals surface area (Å²) in [5.74, 6) is 2.00. The number of amides is 2. The van der Waals surface area contributed by atoms with Crippen molar-refractivity contribution in [1.29, 1.82) is 0 Å². The third kappa shape index (κ3) is 2.31. The fraction of sp³-hybridized carbons (Fsp3) is 0.143. The molecular formula is C14H11NO2S. The summed E-state index contributed by atoms with van der Waals surface area (Å²) in [6.07, 6.45) is 6.86. The van der Waals surface area contributed by atoms with E-state index in [1.54, 1.807) is 6.08 Å². The maximum atomic E-state index is 11.9. The molecule has 1 aliphatic heterocycles. The number of hydrogen-bond donors (Lipinski definition) is 0. The average molecular weight is 257 g/mol. The maximum Gasteiger partial charge on any atom is 0.294 e. The molecule has 0 saturated carbocycles. The molecule has 2 amide bonds. The van der Waals surface area contributed by atoms with E-state index in [0.29, 0.717) is 4.91 Å². The van der Waals surface area contributed by atoms with Gasteiger partial charge in [0.05, 0.1) is 11.4 Å². The summed E-state index contributed by atoms with van der Waals surface area (Å²) < 4.78 is 0. The highest BCUT2D eigenvalue weighted by molar-refractivity contribution is 8.18. The Kier molecular flexibility index (Phi) is 3.54. The quantitative estimate of drug-likeness (QED) is 0.604. The number of carbonyl (C=O) groups is 2. The Labute approximate surface area is 110 Å². The molecule has 0 aromatic heterocycles. The molecule has 0 spiro atoms. The second-order valence-corrected chi connectivity index (χ2v) is 4.82. The van der Waals surface area contributed by atoms with Crippen LogP contribution in [0.1, 0.15) is 11.1 Å². The molecule has 0 radical (unpaired) electrons. The first kappa shape index (κ1) is 12.5. The van der Waals surface area contributed by atoms with Crippen LogP contribution in [0, 0.1) is 19.3 Å². The minimum atomic E-state index is -0.314. The van der Waals surface area contributed by atoms with Crippen LogP contribution >= 0.6 is 11.8 Å². The number of imide groups is 1. The van der Waals surface area contributed by atoms with Gasteiger partial charge in [-0.2, -0.15) is 0 Å². The lowest BCUT2D eigenvalue weighted by molar-refractivity contribution is -0.122. The molecule has 1 heterocycles. The van der Waals surface area contributed by atoms with Crippen LogP contribution in [0.4, 0.5) is 4.79 Å². The van der Waals surface area contributed by atoms with Gasteiger partial charge in [-0.05, 0) is 35.9 Å². The second kappa shape index (κ2) is 5.11. The number of aryl methyl sites for hydroxylation is 1. The number of rotatable bonds is 2. The van der Waals surface area contributed by atoms with Gasteiger partial charge in [-0.25, -0.2) is 0 Å². The van der Waals surface area contributed by atoms with Crippen molar-refractivity contribution in [2.24, 2.45) is 0 Å². The van der Waals surface area contributed by atoms with Gasteiger partial charge in [-0.15, -0.1) is 6.42 Å². The van der Waals surface area contributed by atoms with Gasteiger partial charge in [0.15, 0.2) is 0 Å². The average Bonchev–Trinajstić information content (AvgIpc) is 2.60. The Morgan fingerprint density at radius 2 is 2.11 bits per heavy atom. The summed E-state index contributed by atoms with van der Waals surface area (Å²) in [5, 5.41) is -0.308. The molecule has 18 heavy (non-hydrogen) atoms. The van der Waals surface area contributed by atoms with Crippen molar-refractivity contribution in [1.82, 2.24) is 4.90 Å².